The first-order valence-electron chi connectivity index (χ1n) is 4.72. The predicted molar refractivity (Wildman–Crippen MR) is 54.8 cm³/mol. The maximum absolute atomic E-state index is 9.12. The molecule has 0 aliphatic heterocycles. The van der Waals surface area contributed by atoms with E-state index >= 15 is 0 Å². The van der Waals surface area contributed by atoms with Crippen LogP contribution in [0.25, 0.3) is 5.65 Å². The molecule has 0 amide bonds. The van der Waals surface area contributed by atoms with Crippen molar-refractivity contribution in [1.82, 2.24) is 25.3 Å². The van der Waals surface area contributed by atoms with E-state index in [-0.39, 0.29) is 13.2 Å². The first-order valence-corrected chi connectivity index (χ1v) is 4.72. The highest BCUT2D eigenvalue weighted by atomic mass is 16.3. The van der Waals surface area contributed by atoms with Gasteiger partial charge in [-0.15, -0.1) is 14.8 Å². The zero-order valence-electron chi connectivity index (χ0n) is 8.70. The standard InChI is InChI=1S/C8H12N6O2/c1-8(4-15,5-16)9-6-2-3-7-10-12-13-14(7)11-6/h2-3,15-16H,4-5H2,1H3,(H,9,11). The van der Waals surface area contributed by atoms with Crippen molar-refractivity contribution in [3.8, 4) is 0 Å². The molecule has 0 atom stereocenters. The molecule has 0 spiro atoms. The Morgan fingerprint density at radius 1 is 1.38 bits per heavy atom. The lowest BCUT2D eigenvalue weighted by Gasteiger charge is -2.26. The largest absolute Gasteiger partial charge is 0.394 e. The third kappa shape index (κ3) is 1.92. The van der Waals surface area contributed by atoms with Crippen LogP contribution in [0.15, 0.2) is 12.1 Å². The molecule has 2 rings (SSSR count). The maximum Gasteiger partial charge on any atom is 0.200 e. The Labute approximate surface area is 90.9 Å². The van der Waals surface area contributed by atoms with Gasteiger partial charge in [-0.05, 0) is 29.5 Å². The number of fused-ring (bicyclic) bond motifs is 1. The lowest BCUT2D eigenvalue weighted by molar-refractivity contribution is 0.147. The smallest absolute Gasteiger partial charge is 0.200 e. The normalized spacial score (nSPS) is 11.9. The molecule has 0 bridgehead atoms. The second-order valence-electron chi connectivity index (χ2n) is 3.75. The molecule has 2 heterocycles. The summed E-state index contributed by atoms with van der Waals surface area (Å²) in [5.41, 5.74) is -0.297. The van der Waals surface area contributed by atoms with Gasteiger partial charge in [0.05, 0.1) is 18.8 Å². The van der Waals surface area contributed by atoms with E-state index in [1.54, 1.807) is 19.1 Å². The molecule has 0 saturated heterocycles. The molecule has 86 valence electrons. The van der Waals surface area contributed by atoms with Gasteiger partial charge in [0.25, 0.3) is 0 Å². The molecule has 0 aromatic carbocycles. The van der Waals surface area contributed by atoms with Gasteiger partial charge in [-0.2, -0.15) is 0 Å². The maximum atomic E-state index is 9.12. The third-order valence-corrected chi connectivity index (χ3v) is 2.20. The van der Waals surface area contributed by atoms with Crippen LogP contribution in [0, 0.1) is 0 Å². The van der Waals surface area contributed by atoms with Crippen LogP contribution in [0.2, 0.25) is 0 Å². The molecule has 0 aliphatic carbocycles. The van der Waals surface area contributed by atoms with Crippen molar-refractivity contribution in [2.24, 2.45) is 0 Å². The Balaban J connectivity index is 2.26. The molecule has 8 heteroatoms. The number of hydrogen-bond donors (Lipinski definition) is 3. The zero-order chi connectivity index (χ0) is 11.6. The summed E-state index contributed by atoms with van der Waals surface area (Å²) in [6.07, 6.45) is 0. The van der Waals surface area contributed by atoms with E-state index < -0.39 is 5.54 Å². The summed E-state index contributed by atoms with van der Waals surface area (Å²) in [6, 6.07) is 3.36. The number of aromatic nitrogens is 5. The Morgan fingerprint density at radius 3 is 2.81 bits per heavy atom. The van der Waals surface area contributed by atoms with Crippen LogP contribution in [-0.4, -0.2) is 54.2 Å². The topological polar surface area (TPSA) is 108 Å². The van der Waals surface area contributed by atoms with Crippen LogP contribution in [0.5, 0.6) is 0 Å². The second kappa shape index (κ2) is 3.99. The van der Waals surface area contributed by atoms with Crippen LogP contribution < -0.4 is 5.32 Å². The van der Waals surface area contributed by atoms with Gasteiger partial charge in [-0.1, -0.05) is 0 Å². The minimum atomic E-state index is -0.825. The molecule has 0 saturated carbocycles. The van der Waals surface area contributed by atoms with Crippen LogP contribution in [0.3, 0.4) is 0 Å². The van der Waals surface area contributed by atoms with Gasteiger partial charge in [-0.3, -0.25) is 0 Å². The van der Waals surface area contributed by atoms with Gasteiger partial charge >= 0.3 is 0 Å². The number of tetrazole rings is 1. The fraction of sp³-hybridized carbons (Fsp3) is 0.500. The number of anilines is 1. The Kier molecular flexibility index (Phi) is 2.67. The number of nitrogens with one attached hydrogen (secondary N) is 1. The molecule has 0 unspecified atom stereocenters. The lowest BCUT2D eigenvalue weighted by atomic mass is 10.1. The van der Waals surface area contributed by atoms with Gasteiger partial charge < -0.3 is 15.5 Å². The number of aliphatic hydroxyl groups excluding tert-OH is 2. The van der Waals surface area contributed by atoms with Gasteiger partial charge in [0.15, 0.2) is 5.65 Å². The highest BCUT2D eigenvalue weighted by Gasteiger charge is 2.22. The van der Waals surface area contributed by atoms with E-state index in [1.165, 1.54) is 4.63 Å². The van der Waals surface area contributed by atoms with E-state index in [1.807, 2.05) is 0 Å². The Hall–Kier alpha value is -1.80. The highest BCUT2D eigenvalue weighted by molar-refractivity contribution is 5.43. The van der Waals surface area contributed by atoms with E-state index in [9.17, 15) is 0 Å². The average molecular weight is 224 g/mol. The minimum absolute atomic E-state index is 0.209. The van der Waals surface area contributed by atoms with Gasteiger partial charge in [0, 0.05) is 0 Å². The zero-order valence-corrected chi connectivity index (χ0v) is 8.70. The van der Waals surface area contributed by atoms with E-state index in [4.69, 9.17) is 10.2 Å². The van der Waals surface area contributed by atoms with Crippen LogP contribution in [0.4, 0.5) is 5.82 Å². The quantitative estimate of drug-likeness (QED) is 0.590. The molecular formula is C8H12N6O2. The van der Waals surface area contributed by atoms with Gasteiger partial charge in [-0.25, -0.2) is 0 Å². The summed E-state index contributed by atoms with van der Waals surface area (Å²) in [6.45, 7) is 1.26. The second-order valence-corrected chi connectivity index (χ2v) is 3.75. The number of rotatable bonds is 4. The van der Waals surface area contributed by atoms with Crippen LogP contribution in [0.1, 0.15) is 6.92 Å². The molecule has 0 aliphatic rings. The summed E-state index contributed by atoms with van der Waals surface area (Å²) in [5, 5.41) is 36.0. The summed E-state index contributed by atoms with van der Waals surface area (Å²) in [4.78, 5) is 0. The number of hydrogen-bond acceptors (Lipinski definition) is 7. The first kappa shape index (κ1) is 10.7. The molecular weight excluding hydrogens is 212 g/mol. The molecule has 8 nitrogen and oxygen atoms in total. The SMILES string of the molecule is CC(CO)(CO)Nc1ccc2nnnn2n1. The summed E-state index contributed by atoms with van der Waals surface area (Å²) in [5.74, 6) is 0.477. The molecule has 0 fully saturated rings. The molecule has 0 radical (unpaired) electrons. The number of nitrogens with zero attached hydrogens (tertiary/aromatic N) is 5. The summed E-state index contributed by atoms with van der Waals surface area (Å²) >= 11 is 0. The van der Waals surface area contributed by atoms with Crippen molar-refractivity contribution >= 4 is 11.5 Å². The minimum Gasteiger partial charge on any atom is -0.394 e. The summed E-state index contributed by atoms with van der Waals surface area (Å²) < 4.78 is 1.26. The average Bonchev–Trinajstić information content (AvgIpc) is 2.76. The fourth-order valence-electron chi connectivity index (χ4n) is 1.15. The van der Waals surface area contributed by atoms with E-state index in [2.05, 4.69) is 25.9 Å². The van der Waals surface area contributed by atoms with E-state index in [0.717, 1.165) is 0 Å². The van der Waals surface area contributed by atoms with Crippen LogP contribution in [-0.2, 0) is 0 Å². The van der Waals surface area contributed by atoms with Crippen molar-refractivity contribution < 1.29 is 10.2 Å². The Morgan fingerprint density at radius 2 is 2.12 bits per heavy atom. The molecule has 16 heavy (non-hydrogen) atoms. The molecule has 3 N–H and O–H groups in total. The van der Waals surface area contributed by atoms with E-state index in [0.29, 0.717) is 11.5 Å². The van der Waals surface area contributed by atoms with Crippen molar-refractivity contribution in [3.05, 3.63) is 12.1 Å². The Bertz CT molecular complexity index is 480. The highest BCUT2D eigenvalue weighted by Crippen LogP contribution is 2.11. The predicted octanol–water partition coefficient (Wildman–Crippen LogP) is -1.33. The van der Waals surface area contributed by atoms with Crippen molar-refractivity contribution in [2.45, 2.75) is 12.5 Å². The van der Waals surface area contributed by atoms with Crippen molar-refractivity contribution in [1.29, 1.82) is 0 Å². The van der Waals surface area contributed by atoms with Gasteiger partial charge in [0.1, 0.15) is 5.82 Å². The fourth-order valence-corrected chi connectivity index (χ4v) is 1.15. The monoisotopic (exact) mass is 224 g/mol. The molecule has 2 aromatic heterocycles. The summed E-state index contributed by atoms with van der Waals surface area (Å²) in [7, 11) is 0. The van der Waals surface area contributed by atoms with Gasteiger partial charge in [0.2, 0.25) is 0 Å². The number of aliphatic hydroxyl groups is 2. The van der Waals surface area contributed by atoms with Crippen molar-refractivity contribution in [3.63, 3.8) is 0 Å². The third-order valence-electron chi connectivity index (χ3n) is 2.20. The first-order chi connectivity index (χ1) is 7.67. The molecule has 2 aromatic rings. The van der Waals surface area contributed by atoms with Crippen LogP contribution >= 0.6 is 0 Å². The van der Waals surface area contributed by atoms with Crippen molar-refractivity contribution in [2.75, 3.05) is 18.5 Å². The lowest BCUT2D eigenvalue weighted by Crippen LogP contribution is -2.42.